The van der Waals surface area contributed by atoms with Crippen LogP contribution in [0.15, 0.2) is 10.2 Å². The van der Waals surface area contributed by atoms with Crippen molar-refractivity contribution in [3.05, 3.63) is 10.2 Å². The average molecular weight is 373 g/mol. The molecule has 106 valence electrons. The van der Waals surface area contributed by atoms with Crippen LogP contribution >= 0.6 is 0 Å². The van der Waals surface area contributed by atoms with Crippen LogP contribution in [0.3, 0.4) is 0 Å². The first-order valence-corrected chi connectivity index (χ1v) is 16.2. The van der Waals surface area contributed by atoms with Crippen molar-refractivity contribution in [2.24, 2.45) is 5.92 Å². The Hall–Kier alpha value is -0.961. The third-order valence-corrected chi connectivity index (χ3v) is 9.13. The summed E-state index contributed by atoms with van der Waals surface area (Å²) in [7, 11) is 1.27. The van der Waals surface area contributed by atoms with Crippen molar-refractivity contribution in [1.29, 1.82) is 0 Å². The molecule has 0 aliphatic carbocycles. The summed E-state index contributed by atoms with van der Waals surface area (Å²) in [6.07, 6.45) is 0.251. The van der Waals surface area contributed by atoms with E-state index in [0.29, 0.717) is 6.61 Å². The Morgan fingerprint density at radius 2 is 1.89 bits per heavy atom. The van der Waals surface area contributed by atoms with Gasteiger partial charge in [-0.1, -0.05) is 0 Å². The maximum atomic E-state index is 11.9. The van der Waals surface area contributed by atoms with E-state index >= 15 is 0 Å². The van der Waals surface area contributed by atoms with Gasteiger partial charge in [0, 0.05) is 0 Å². The SMILES string of the molecule is C=[C](C(CC#CC(=O)OC)C(=O)OCC)[Sn]([CH3])([CH3])[CH3]. The summed E-state index contributed by atoms with van der Waals surface area (Å²) in [5.41, 5.74) is 0. The molecule has 1 unspecified atom stereocenters. The van der Waals surface area contributed by atoms with Crippen LogP contribution in [0.4, 0.5) is 0 Å². The van der Waals surface area contributed by atoms with E-state index in [1.54, 1.807) is 6.92 Å². The van der Waals surface area contributed by atoms with E-state index in [1.165, 1.54) is 7.11 Å². The van der Waals surface area contributed by atoms with Gasteiger partial charge in [0.2, 0.25) is 0 Å². The monoisotopic (exact) mass is 374 g/mol. The molecule has 0 fully saturated rings. The van der Waals surface area contributed by atoms with E-state index in [-0.39, 0.29) is 12.4 Å². The van der Waals surface area contributed by atoms with Gasteiger partial charge in [-0.2, -0.15) is 0 Å². The van der Waals surface area contributed by atoms with Crippen molar-refractivity contribution < 1.29 is 19.1 Å². The molecule has 0 aromatic heterocycles. The Bertz CT molecular complexity index is 409. The van der Waals surface area contributed by atoms with Gasteiger partial charge in [-0.05, 0) is 0 Å². The van der Waals surface area contributed by atoms with Crippen molar-refractivity contribution in [3.63, 3.8) is 0 Å². The number of hydrogen-bond donors (Lipinski definition) is 0. The van der Waals surface area contributed by atoms with Crippen molar-refractivity contribution >= 4 is 30.3 Å². The van der Waals surface area contributed by atoms with Crippen LogP contribution in [0.1, 0.15) is 13.3 Å². The minimum absolute atomic E-state index is 0.251. The molecule has 5 heteroatoms. The van der Waals surface area contributed by atoms with Crippen molar-refractivity contribution in [2.45, 2.75) is 28.2 Å². The molecule has 0 aliphatic heterocycles. The van der Waals surface area contributed by atoms with Crippen LogP contribution in [-0.2, 0) is 19.1 Å². The first-order valence-electron chi connectivity index (χ1n) is 6.16. The van der Waals surface area contributed by atoms with E-state index in [9.17, 15) is 9.59 Å². The minimum atomic E-state index is -2.42. The number of esters is 2. The average Bonchev–Trinajstić information content (AvgIpc) is 2.32. The third kappa shape index (κ3) is 6.67. The molecule has 0 aromatic rings. The van der Waals surface area contributed by atoms with Gasteiger partial charge in [0.25, 0.3) is 0 Å². The fraction of sp³-hybridized carbons (Fsp3) is 0.571. The number of carbonyl (C=O) groups is 2. The maximum absolute atomic E-state index is 11.9. The number of rotatable bonds is 5. The zero-order valence-electron chi connectivity index (χ0n) is 12.3. The van der Waals surface area contributed by atoms with Gasteiger partial charge >= 0.3 is 119 Å². The molecular formula is C14H22O4Sn. The zero-order chi connectivity index (χ0) is 15.1. The molecule has 0 aromatic carbocycles. The van der Waals surface area contributed by atoms with Crippen molar-refractivity contribution in [1.82, 2.24) is 0 Å². The Morgan fingerprint density at radius 1 is 1.32 bits per heavy atom. The van der Waals surface area contributed by atoms with Gasteiger partial charge in [0.05, 0.1) is 0 Å². The molecule has 19 heavy (non-hydrogen) atoms. The van der Waals surface area contributed by atoms with E-state index in [4.69, 9.17) is 4.74 Å². The van der Waals surface area contributed by atoms with Gasteiger partial charge in [-0.15, -0.1) is 0 Å². The van der Waals surface area contributed by atoms with Gasteiger partial charge in [0.1, 0.15) is 0 Å². The van der Waals surface area contributed by atoms with E-state index < -0.39 is 30.3 Å². The molecule has 0 spiro atoms. The Balaban J connectivity index is 4.97. The molecule has 0 amide bonds. The fourth-order valence-electron chi connectivity index (χ4n) is 1.39. The van der Waals surface area contributed by atoms with Crippen LogP contribution in [0.2, 0.25) is 14.8 Å². The molecular weight excluding hydrogens is 351 g/mol. The summed E-state index contributed by atoms with van der Waals surface area (Å²) in [4.78, 5) is 29.4. The topological polar surface area (TPSA) is 52.6 Å². The summed E-state index contributed by atoms with van der Waals surface area (Å²) < 4.78 is 10.4. The molecule has 0 radical (unpaired) electrons. The Labute approximate surface area is 119 Å². The summed E-state index contributed by atoms with van der Waals surface area (Å²) in [5.74, 6) is 3.66. The Morgan fingerprint density at radius 3 is 2.32 bits per heavy atom. The van der Waals surface area contributed by atoms with Crippen LogP contribution in [0.25, 0.3) is 0 Å². The number of hydrogen-bond acceptors (Lipinski definition) is 4. The van der Waals surface area contributed by atoms with E-state index in [0.717, 1.165) is 3.59 Å². The fourth-order valence-corrected chi connectivity index (χ4v) is 5.00. The first kappa shape index (κ1) is 18.0. The van der Waals surface area contributed by atoms with Gasteiger partial charge in [-0.3, -0.25) is 0 Å². The molecule has 0 aliphatic rings. The molecule has 0 rings (SSSR count). The van der Waals surface area contributed by atoms with Gasteiger partial charge < -0.3 is 0 Å². The number of ether oxygens (including phenoxy) is 2. The molecule has 0 saturated heterocycles. The van der Waals surface area contributed by atoms with E-state index in [1.807, 2.05) is 0 Å². The van der Waals surface area contributed by atoms with Crippen molar-refractivity contribution in [3.8, 4) is 11.8 Å². The summed E-state index contributed by atoms with van der Waals surface area (Å²) in [6.45, 7) is 6.14. The molecule has 0 heterocycles. The van der Waals surface area contributed by atoms with Crippen LogP contribution in [0.5, 0.6) is 0 Å². The quantitative estimate of drug-likeness (QED) is 0.321. The predicted octanol–water partition coefficient (Wildman–Crippen LogP) is 2.17. The van der Waals surface area contributed by atoms with Crippen LogP contribution in [-0.4, -0.2) is 44.0 Å². The van der Waals surface area contributed by atoms with Crippen LogP contribution in [0, 0.1) is 17.8 Å². The van der Waals surface area contributed by atoms with Gasteiger partial charge in [-0.25, -0.2) is 0 Å². The third-order valence-electron chi connectivity index (χ3n) is 2.64. The normalized spacial score (nSPS) is 11.8. The van der Waals surface area contributed by atoms with Crippen molar-refractivity contribution in [2.75, 3.05) is 13.7 Å². The molecule has 0 saturated carbocycles. The second kappa shape index (κ2) is 8.26. The number of carbonyl (C=O) groups excluding carboxylic acids is 2. The number of methoxy groups -OCH3 is 1. The molecule has 4 nitrogen and oxygen atoms in total. The summed E-state index contributed by atoms with van der Waals surface area (Å²) in [5, 5.41) is 0. The molecule has 1 atom stereocenters. The van der Waals surface area contributed by atoms with Gasteiger partial charge in [0.15, 0.2) is 0 Å². The van der Waals surface area contributed by atoms with E-state index in [2.05, 4.69) is 38.0 Å². The van der Waals surface area contributed by atoms with Crippen LogP contribution < -0.4 is 0 Å². The summed E-state index contributed by atoms with van der Waals surface area (Å²) in [6, 6.07) is 0. The second-order valence-corrected chi connectivity index (χ2v) is 19.8. The molecule has 0 bridgehead atoms. The summed E-state index contributed by atoms with van der Waals surface area (Å²) >= 11 is -2.42. The zero-order valence-corrected chi connectivity index (χ0v) is 15.2. The predicted molar refractivity (Wildman–Crippen MR) is 77.0 cm³/mol. The Kier molecular flexibility index (Phi) is 7.84. The standard InChI is InChI=1S/C11H13O4.3CH3.Sn/c1-4-9(11(13)15-5-2)7-6-8-10(12)14-3;;;;/h9H,1,5,7H2,2-3H3;3*1H3;. The second-order valence-electron chi connectivity index (χ2n) is 5.08. The molecule has 0 N–H and O–H groups in total. The first-order chi connectivity index (χ1) is 8.73.